The Hall–Kier alpha value is -5.19. The lowest BCUT2D eigenvalue weighted by Gasteiger charge is -2.33. The van der Waals surface area contributed by atoms with Crippen LogP contribution >= 0.6 is 0 Å². The van der Waals surface area contributed by atoms with Crippen molar-refractivity contribution in [2.75, 3.05) is 0 Å². The molecule has 1 aliphatic rings. The molecule has 244 valence electrons. The molecule has 2 heterocycles. The Balaban J connectivity index is 1.55. The lowest BCUT2D eigenvalue weighted by atomic mass is 9.94. The van der Waals surface area contributed by atoms with E-state index in [1.54, 1.807) is 32.9 Å². The highest BCUT2D eigenvalue weighted by Crippen LogP contribution is 2.38. The Morgan fingerprint density at radius 2 is 1.66 bits per heavy atom. The summed E-state index contributed by atoms with van der Waals surface area (Å²) in [6.45, 7) is 5.22. The molecule has 0 saturated carbocycles. The van der Waals surface area contributed by atoms with Crippen LogP contribution in [0.5, 0.6) is 0 Å². The highest BCUT2D eigenvalue weighted by molar-refractivity contribution is 5.94. The molecule has 47 heavy (non-hydrogen) atoms. The number of halogens is 3. The molecule has 3 atom stereocenters. The predicted octanol–water partition coefficient (Wildman–Crippen LogP) is 6.81. The number of ether oxygens (including phenoxy) is 1. The summed E-state index contributed by atoms with van der Waals surface area (Å²) in [6, 6.07) is 17.1. The van der Waals surface area contributed by atoms with Crippen LogP contribution in [-0.2, 0) is 16.0 Å². The number of likely N-dealkylation sites (tertiary alicyclic amines) is 1. The first-order valence-electron chi connectivity index (χ1n) is 15.2. The number of nitrogens with one attached hydrogen (secondary N) is 1. The molecule has 0 spiro atoms. The number of aromatic nitrogens is 1. The summed E-state index contributed by atoms with van der Waals surface area (Å²) in [5.41, 5.74) is 6.40. The molecule has 3 aromatic carbocycles. The second kappa shape index (κ2) is 13.7. The number of hydrogen-bond acceptors (Lipinski definition) is 5. The fraction of sp³-hybridized carbons (Fsp3) is 0.278. The topological polar surface area (TPSA) is 115 Å². The van der Waals surface area contributed by atoms with Gasteiger partial charge in [0.1, 0.15) is 29.1 Å². The minimum absolute atomic E-state index is 0.0877. The van der Waals surface area contributed by atoms with Gasteiger partial charge in [-0.15, -0.1) is 0 Å². The number of rotatable bonds is 8. The Morgan fingerprint density at radius 1 is 0.957 bits per heavy atom. The molecule has 1 saturated heterocycles. The van der Waals surface area contributed by atoms with Gasteiger partial charge in [-0.2, -0.15) is 0 Å². The van der Waals surface area contributed by atoms with Crippen molar-refractivity contribution in [1.29, 1.82) is 0 Å². The second-order valence-corrected chi connectivity index (χ2v) is 12.4. The fourth-order valence-electron chi connectivity index (χ4n) is 5.91. The molecule has 3 N–H and O–H groups in total. The zero-order valence-corrected chi connectivity index (χ0v) is 26.2. The van der Waals surface area contributed by atoms with Crippen LogP contribution in [-0.4, -0.2) is 39.4 Å². The van der Waals surface area contributed by atoms with Crippen molar-refractivity contribution < 1.29 is 32.3 Å². The zero-order chi connectivity index (χ0) is 33.9. The third kappa shape index (κ3) is 7.79. The number of carbonyl (C=O) groups is 3. The normalized spacial score (nSPS) is 16.9. The van der Waals surface area contributed by atoms with Gasteiger partial charge >= 0.3 is 6.09 Å². The number of pyridine rings is 1. The van der Waals surface area contributed by atoms with Crippen LogP contribution in [0.15, 0.2) is 85.1 Å². The van der Waals surface area contributed by atoms with Gasteiger partial charge in [-0.1, -0.05) is 42.5 Å². The minimum atomic E-state index is -0.974. The van der Waals surface area contributed by atoms with E-state index < -0.39 is 59.1 Å². The van der Waals surface area contributed by atoms with Crippen LogP contribution in [0.3, 0.4) is 0 Å². The van der Waals surface area contributed by atoms with Gasteiger partial charge in [-0.05, 0) is 87.1 Å². The van der Waals surface area contributed by atoms with Crippen molar-refractivity contribution in [2.24, 2.45) is 5.73 Å². The quantitative estimate of drug-likeness (QED) is 0.219. The number of nitrogens with two attached hydrogens (primary N) is 1. The number of hydrogen-bond donors (Lipinski definition) is 2. The maximum absolute atomic E-state index is 14.4. The van der Waals surface area contributed by atoms with Crippen LogP contribution in [0, 0.1) is 17.5 Å². The van der Waals surface area contributed by atoms with Gasteiger partial charge in [0, 0.05) is 17.8 Å². The number of carbonyl (C=O) groups excluding carboxylic acids is 3. The molecule has 5 rings (SSSR count). The van der Waals surface area contributed by atoms with Crippen molar-refractivity contribution in [2.45, 2.75) is 63.8 Å². The molecular weight excluding hydrogens is 609 g/mol. The first kappa shape index (κ1) is 33.2. The molecule has 11 heteroatoms. The maximum atomic E-state index is 14.4. The van der Waals surface area contributed by atoms with Gasteiger partial charge in [0.25, 0.3) is 5.91 Å². The first-order valence-corrected chi connectivity index (χ1v) is 15.2. The highest BCUT2D eigenvalue weighted by Gasteiger charge is 2.44. The summed E-state index contributed by atoms with van der Waals surface area (Å²) in [7, 11) is 0. The SMILES string of the molecule is CC(C)(C)OC(=O)N1C(C(=O)N[C@@H](Cc2cc(F)cc(F)c2)c2ncccc2-c2ccc(F)c(C(N)=O)c2)CCC1c1ccccc1. The van der Waals surface area contributed by atoms with Gasteiger partial charge in [0.05, 0.1) is 23.3 Å². The third-order valence-corrected chi connectivity index (χ3v) is 7.87. The van der Waals surface area contributed by atoms with Crippen LogP contribution in [0.25, 0.3) is 11.1 Å². The summed E-state index contributed by atoms with van der Waals surface area (Å²) in [4.78, 5) is 45.7. The van der Waals surface area contributed by atoms with Crippen molar-refractivity contribution >= 4 is 17.9 Å². The summed E-state index contributed by atoms with van der Waals surface area (Å²) in [5.74, 6) is -3.89. The van der Waals surface area contributed by atoms with Crippen LogP contribution < -0.4 is 11.1 Å². The highest BCUT2D eigenvalue weighted by atomic mass is 19.1. The molecule has 0 bridgehead atoms. The number of amides is 3. The number of primary amides is 1. The fourth-order valence-corrected chi connectivity index (χ4v) is 5.91. The van der Waals surface area contributed by atoms with E-state index in [4.69, 9.17) is 10.5 Å². The minimum Gasteiger partial charge on any atom is -0.444 e. The smallest absolute Gasteiger partial charge is 0.411 e. The lowest BCUT2D eigenvalue weighted by molar-refractivity contribution is -0.126. The molecule has 4 aromatic rings. The van der Waals surface area contributed by atoms with Crippen LogP contribution in [0.4, 0.5) is 18.0 Å². The Labute approximate surface area is 270 Å². The molecule has 3 amide bonds. The van der Waals surface area contributed by atoms with E-state index in [2.05, 4.69) is 10.3 Å². The first-order chi connectivity index (χ1) is 22.3. The molecule has 8 nitrogen and oxygen atoms in total. The van der Waals surface area contributed by atoms with Gasteiger partial charge in [0.2, 0.25) is 5.91 Å². The van der Waals surface area contributed by atoms with Gasteiger partial charge in [0.15, 0.2) is 0 Å². The molecule has 0 aliphatic carbocycles. The van der Waals surface area contributed by atoms with Crippen molar-refractivity contribution in [3.05, 3.63) is 125 Å². The van der Waals surface area contributed by atoms with Crippen LogP contribution in [0.2, 0.25) is 0 Å². The molecule has 1 fully saturated rings. The summed E-state index contributed by atoms with van der Waals surface area (Å²) in [5, 5.41) is 2.98. The average molecular weight is 645 g/mol. The van der Waals surface area contributed by atoms with E-state index in [1.165, 1.54) is 23.2 Å². The number of nitrogens with zero attached hydrogens (tertiary/aromatic N) is 2. The summed E-state index contributed by atoms with van der Waals surface area (Å²) >= 11 is 0. The van der Waals surface area contributed by atoms with E-state index in [0.29, 0.717) is 24.0 Å². The molecule has 2 unspecified atom stereocenters. The molecular formula is C36H35F3N4O4. The molecule has 1 aromatic heterocycles. The second-order valence-electron chi connectivity index (χ2n) is 12.4. The molecule has 1 aliphatic heterocycles. The van der Waals surface area contributed by atoms with E-state index >= 15 is 0 Å². The van der Waals surface area contributed by atoms with E-state index in [9.17, 15) is 27.6 Å². The van der Waals surface area contributed by atoms with E-state index in [-0.39, 0.29) is 23.2 Å². The largest absolute Gasteiger partial charge is 0.444 e. The summed E-state index contributed by atoms with van der Waals surface area (Å²) < 4.78 is 48.7. The third-order valence-electron chi connectivity index (χ3n) is 7.87. The monoisotopic (exact) mass is 644 g/mol. The van der Waals surface area contributed by atoms with Crippen molar-refractivity contribution in [1.82, 2.24) is 15.2 Å². The Kier molecular flexibility index (Phi) is 9.64. The molecule has 0 radical (unpaired) electrons. The number of benzene rings is 3. The standard InChI is InChI=1S/C36H35F3N4O4/c1-36(2,3)47-35(46)43-30(22-8-5-4-6-9-22)13-14-31(43)34(45)42-29(18-21-16-24(37)20-25(38)17-21)32-26(10-7-15-41-32)23-11-12-28(39)27(19-23)33(40)44/h4-12,15-17,19-20,29-31H,13-14,18H2,1-3H3,(H2,40,44)(H,42,45)/t29-,30?,31?/m0/s1. The Morgan fingerprint density at radius 3 is 2.32 bits per heavy atom. The van der Waals surface area contributed by atoms with Gasteiger partial charge in [-0.3, -0.25) is 19.5 Å². The lowest BCUT2D eigenvalue weighted by Crippen LogP contribution is -2.49. The van der Waals surface area contributed by atoms with Crippen molar-refractivity contribution in [3.63, 3.8) is 0 Å². The van der Waals surface area contributed by atoms with E-state index in [0.717, 1.165) is 29.8 Å². The maximum Gasteiger partial charge on any atom is 0.411 e. The summed E-state index contributed by atoms with van der Waals surface area (Å²) in [6.07, 6.45) is 1.55. The van der Waals surface area contributed by atoms with Crippen molar-refractivity contribution in [3.8, 4) is 11.1 Å². The Bertz CT molecular complexity index is 1770. The van der Waals surface area contributed by atoms with E-state index in [1.807, 2.05) is 30.3 Å². The predicted molar refractivity (Wildman–Crippen MR) is 169 cm³/mol. The van der Waals surface area contributed by atoms with Gasteiger partial charge in [-0.25, -0.2) is 18.0 Å². The average Bonchev–Trinajstić information content (AvgIpc) is 3.46. The van der Waals surface area contributed by atoms with Crippen LogP contribution in [0.1, 0.15) is 72.9 Å². The van der Waals surface area contributed by atoms with Gasteiger partial charge < -0.3 is 15.8 Å². The zero-order valence-electron chi connectivity index (χ0n) is 26.2.